The van der Waals surface area contributed by atoms with Gasteiger partial charge >= 0.3 is 0 Å². The maximum absolute atomic E-state index is 12.4. The topological polar surface area (TPSA) is 49.4 Å². The Morgan fingerprint density at radius 3 is 2.46 bits per heavy atom. The molecule has 126 valence electrons. The second kappa shape index (κ2) is 8.11. The number of nitrogens with zero attached hydrogens (tertiary/aromatic N) is 1. The summed E-state index contributed by atoms with van der Waals surface area (Å²) in [6.07, 6.45) is 0. The van der Waals surface area contributed by atoms with Crippen LogP contribution in [0.15, 0.2) is 53.0 Å². The fourth-order valence-electron chi connectivity index (χ4n) is 2.40. The van der Waals surface area contributed by atoms with Gasteiger partial charge in [0.15, 0.2) is 0 Å². The van der Waals surface area contributed by atoms with Crippen molar-refractivity contribution in [3.05, 3.63) is 69.7 Å². The molecule has 0 aliphatic heterocycles. The van der Waals surface area contributed by atoms with E-state index in [4.69, 9.17) is 0 Å². The molecule has 0 heterocycles. The van der Waals surface area contributed by atoms with Gasteiger partial charge in [-0.1, -0.05) is 45.8 Å². The smallest absolute Gasteiger partial charge is 0.251 e. The Morgan fingerprint density at radius 2 is 1.83 bits per heavy atom. The molecule has 5 heteroatoms. The van der Waals surface area contributed by atoms with Crippen LogP contribution in [-0.4, -0.2) is 29.8 Å². The Labute approximate surface area is 151 Å². The fourth-order valence-corrected chi connectivity index (χ4v) is 2.66. The van der Waals surface area contributed by atoms with Gasteiger partial charge in [0.05, 0.1) is 0 Å². The summed E-state index contributed by atoms with van der Waals surface area (Å²) in [6.45, 7) is 4.13. The van der Waals surface area contributed by atoms with Crippen LogP contribution in [0.4, 0.5) is 0 Å². The lowest BCUT2D eigenvalue weighted by atomic mass is 10.1. The van der Waals surface area contributed by atoms with Crippen LogP contribution < -0.4 is 5.32 Å². The van der Waals surface area contributed by atoms with Gasteiger partial charge in [-0.3, -0.25) is 9.59 Å². The van der Waals surface area contributed by atoms with Crippen LogP contribution in [0.3, 0.4) is 0 Å². The van der Waals surface area contributed by atoms with Gasteiger partial charge in [0, 0.05) is 23.6 Å². The van der Waals surface area contributed by atoms with Crippen molar-refractivity contribution in [1.29, 1.82) is 0 Å². The van der Waals surface area contributed by atoms with Crippen molar-refractivity contribution in [2.45, 2.75) is 26.4 Å². The van der Waals surface area contributed by atoms with E-state index in [0.717, 1.165) is 15.6 Å². The van der Waals surface area contributed by atoms with Gasteiger partial charge in [-0.05, 0) is 43.7 Å². The summed E-state index contributed by atoms with van der Waals surface area (Å²) in [4.78, 5) is 26.3. The predicted molar refractivity (Wildman–Crippen MR) is 98.7 cm³/mol. The van der Waals surface area contributed by atoms with Gasteiger partial charge < -0.3 is 10.2 Å². The van der Waals surface area contributed by atoms with Gasteiger partial charge in [-0.2, -0.15) is 0 Å². The van der Waals surface area contributed by atoms with Crippen molar-refractivity contribution < 1.29 is 9.59 Å². The van der Waals surface area contributed by atoms with Crippen molar-refractivity contribution in [1.82, 2.24) is 10.2 Å². The van der Waals surface area contributed by atoms with Crippen LogP contribution >= 0.6 is 15.9 Å². The molecule has 2 rings (SSSR count). The Hall–Kier alpha value is -2.14. The molecule has 4 nitrogen and oxygen atoms in total. The highest BCUT2D eigenvalue weighted by atomic mass is 79.9. The fraction of sp³-hybridized carbons (Fsp3) is 0.263. The molecular weight excluding hydrogens is 368 g/mol. The summed E-state index contributed by atoms with van der Waals surface area (Å²) in [7, 11) is 1.74. The number of benzene rings is 2. The number of nitrogens with one attached hydrogen (secondary N) is 1. The number of likely N-dealkylation sites (N-methyl/N-ethyl adjacent to an activating group) is 1. The van der Waals surface area contributed by atoms with Crippen molar-refractivity contribution >= 4 is 27.7 Å². The normalized spacial score (nSPS) is 11.7. The van der Waals surface area contributed by atoms with Crippen LogP contribution in [0.25, 0.3) is 0 Å². The van der Waals surface area contributed by atoms with Crippen molar-refractivity contribution in [3.8, 4) is 0 Å². The van der Waals surface area contributed by atoms with Gasteiger partial charge in [0.2, 0.25) is 5.91 Å². The number of hydrogen-bond donors (Lipinski definition) is 1. The van der Waals surface area contributed by atoms with E-state index in [9.17, 15) is 9.59 Å². The molecule has 1 N–H and O–H groups in total. The second-order valence-corrected chi connectivity index (χ2v) is 6.80. The number of halogens is 1. The van der Waals surface area contributed by atoms with E-state index in [-0.39, 0.29) is 11.8 Å². The Balaban J connectivity index is 1.95. The third-order valence-electron chi connectivity index (χ3n) is 3.71. The highest BCUT2D eigenvalue weighted by molar-refractivity contribution is 9.10. The average molecular weight is 389 g/mol. The molecule has 0 bridgehead atoms. The van der Waals surface area contributed by atoms with E-state index in [1.165, 1.54) is 0 Å². The number of carbonyl (C=O) groups is 2. The third-order valence-corrected chi connectivity index (χ3v) is 4.24. The van der Waals surface area contributed by atoms with Crippen LogP contribution in [0, 0.1) is 6.92 Å². The zero-order chi connectivity index (χ0) is 17.7. The van der Waals surface area contributed by atoms with Crippen molar-refractivity contribution in [2.24, 2.45) is 0 Å². The van der Waals surface area contributed by atoms with Crippen LogP contribution in [0.2, 0.25) is 0 Å². The highest BCUT2D eigenvalue weighted by Gasteiger charge is 2.20. The van der Waals surface area contributed by atoms with Crippen LogP contribution in [-0.2, 0) is 11.3 Å². The zero-order valence-electron chi connectivity index (χ0n) is 14.0. The minimum atomic E-state index is -0.585. The zero-order valence-corrected chi connectivity index (χ0v) is 15.6. The van der Waals surface area contributed by atoms with Gasteiger partial charge in [-0.15, -0.1) is 0 Å². The summed E-state index contributed by atoms with van der Waals surface area (Å²) in [5, 5.41) is 2.76. The number of aryl methyl sites for hydroxylation is 1. The first kappa shape index (κ1) is 18.2. The highest BCUT2D eigenvalue weighted by Crippen LogP contribution is 2.12. The summed E-state index contributed by atoms with van der Waals surface area (Å²) in [6, 6.07) is 14.5. The summed E-state index contributed by atoms with van der Waals surface area (Å²) >= 11 is 3.39. The van der Waals surface area contributed by atoms with Gasteiger partial charge in [0.25, 0.3) is 5.91 Å². The van der Waals surface area contributed by atoms with E-state index >= 15 is 0 Å². The molecule has 1 atom stereocenters. The maximum Gasteiger partial charge on any atom is 0.251 e. The Bertz CT molecular complexity index is 728. The van der Waals surface area contributed by atoms with E-state index < -0.39 is 6.04 Å². The minimum Gasteiger partial charge on any atom is -0.341 e. The molecule has 0 saturated carbocycles. The lowest BCUT2D eigenvalue weighted by Crippen LogP contribution is -2.45. The first-order valence-electron chi connectivity index (χ1n) is 7.74. The summed E-state index contributed by atoms with van der Waals surface area (Å²) in [5.74, 6) is -0.365. The third kappa shape index (κ3) is 4.93. The molecule has 0 radical (unpaired) electrons. The second-order valence-electron chi connectivity index (χ2n) is 5.89. The standard InChI is InChI=1S/C19H21BrN2O2/c1-13-5-4-6-16(11-13)18(23)21-14(2)19(24)22(3)12-15-7-9-17(20)10-8-15/h4-11,14H,12H2,1-3H3,(H,21,23). The molecule has 0 aliphatic rings. The van der Waals surface area contributed by atoms with Crippen LogP contribution in [0.5, 0.6) is 0 Å². The molecule has 0 aromatic heterocycles. The number of amides is 2. The van der Waals surface area contributed by atoms with Gasteiger partial charge in [0.1, 0.15) is 6.04 Å². The average Bonchev–Trinajstić information content (AvgIpc) is 2.56. The Kier molecular flexibility index (Phi) is 6.15. The van der Waals surface area contributed by atoms with Crippen molar-refractivity contribution in [2.75, 3.05) is 7.05 Å². The molecule has 2 amide bonds. The molecule has 1 unspecified atom stereocenters. The molecule has 2 aromatic carbocycles. The molecule has 0 aliphatic carbocycles. The first-order valence-corrected chi connectivity index (χ1v) is 8.53. The van der Waals surface area contributed by atoms with Crippen molar-refractivity contribution in [3.63, 3.8) is 0 Å². The van der Waals surface area contributed by atoms with E-state index in [2.05, 4.69) is 21.2 Å². The van der Waals surface area contributed by atoms with Crippen LogP contribution in [0.1, 0.15) is 28.4 Å². The first-order chi connectivity index (χ1) is 11.4. The summed E-state index contributed by atoms with van der Waals surface area (Å²) < 4.78 is 0.999. The maximum atomic E-state index is 12.4. The SMILES string of the molecule is Cc1cccc(C(=O)NC(C)C(=O)N(C)Cc2ccc(Br)cc2)c1. The molecule has 24 heavy (non-hydrogen) atoms. The molecule has 0 fully saturated rings. The van der Waals surface area contributed by atoms with E-state index in [0.29, 0.717) is 12.1 Å². The molecule has 0 spiro atoms. The summed E-state index contributed by atoms with van der Waals surface area (Å²) in [5.41, 5.74) is 2.60. The largest absolute Gasteiger partial charge is 0.341 e. The number of carbonyl (C=O) groups excluding carboxylic acids is 2. The van der Waals surface area contributed by atoms with Gasteiger partial charge in [-0.25, -0.2) is 0 Å². The van der Waals surface area contributed by atoms with E-state index in [1.54, 1.807) is 31.0 Å². The minimum absolute atomic E-state index is 0.126. The van der Waals surface area contributed by atoms with E-state index in [1.807, 2.05) is 43.3 Å². The lowest BCUT2D eigenvalue weighted by Gasteiger charge is -2.22. The monoisotopic (exact) mass is 388 g/mol. The quantitative estimate of drug-likeness (QED) is 0.851. The molecular formula is C19H21BrN2O2. The predicted octanol–water partition coefficient (Wildman–Crippen LogP) is 3.53. The Morgan fingerprint density at radius 1 is 1.17 bits per heavy atom. The molecule has 0 saturated heterocycles. The lowest BCUT2D eigenvalue weighted by molar-refractivity contribution is -0.132. The number of rotatable bonds is 5. The number of hydrogen-bond acceptors (Lipinski definition) is 2. The molecule has 2 aromatic rings.